The zero-order valence-electron chi connectivity index (χ0n) is 9.75. The van der Waals surface area contributed by atoms with Gasteiger partial charge >= 0.3 is 0 Å². The standard InChI is InChI=1S/C11H21N3/c1-11(2)8-13(3)7-10(5-6-12)14(4)9-11/h10H,5,7-9H2,1-4H3. The zero-order valence-corrected chi connectivity index (χ0v) is 9.75. The predicted octanol–water partition coefficient (Wildman–Crippen LogP) is 1.17. The predicted molar refractivity (Wildman–Crippen MR) is 57.9 cm³/mol. The van der Waals surface area contributed by atoms with E-state index in [1.54, 1.807) is 0 Å². The van der Waals surface area contributed by atoms with Gasteiger partial charge in [-0.1, -0.05) is 13.8 Å². The summed E-state index contributed by atoms with van der Waals surface area (Å²) in [6, 6.07) is 2.67. The first kappa shape index (κ1) is 11.5. The quantitative estimate of drug-likeness (QED) is 0.629. The van der Waals surface area contributed by atoms with E-state index >= 15 is 0 Å². The minimum Gasteiger partial charge on any atom is -0.304 e. The molecule has 0 amide bonds. The van der Waals surface area contributed by atoms with Crippen LogP contribution < -0.4 is 0 Å². The van der Waals surface area contributed by atoms with E-state index in [0.29, 0.717) is 17.9 Å². The van der Waals surface area contributed by atoms with Gasteiger partial charge in [-0.25, -0.2) is 0 Å². The number of hydrogen-bond acceptors (Lipinski definition) is 3. The minimum atomic E-state index is 0.327. The van der Waals surface area contributed by atoms with Crippen molar-refractivity contribution in [2.75, 3.05) is 33.7 Å². The summed E-state index contributed by atoms with van der Waals surface area (Å²) in [6.07, 6.45) is 0.636. The first-order valence-corrected chi connectivity index (χ1v) is 5.20. The van der Waals surface area contributed by atoms with E-state index < -0.39 is 0 Å². The molecule has 3 heteroatoms. The maximum Gasteiger partial charge on any atom is 0.0638 e. The molecular formula is C11H21N3. The second-order valence-corrected chi connectivity index (χ2v) is 5.29. The molecule has 0 spiro atoms. The molecule has 0 bridgehead atoms. The van der Waals surface area contributed by atoms with Crippen molar-refractivity contribution >= 4 is 0 Å². The topological polar surface area (TPSA) is 30.3 Å². The summed E-state index contributed by atoms with van der Waals surface area (Å²) in [7, 11) is 4.27. The second-order valence-electron chi connectivity index (χ2n) is 5.29. The first-order valence-electron chi connectivity index (χ1n) is 5.20. The summed E-state index contributed by atoms with van der Waals surface area (Å²) >= 11 is 0. The number of nitrogens with zero attached hydrogens (tertiary/aromatic N) is 3. The highest BCUT2D eigenvalue weighted by Crippen LogP contribution is 2.23. The SMILES string of the molecule is CN1CC(CC#N)N(C)CC(C)(C)C1. The van der Waals surface area contributed by atoms with Crippen LogP contribution >= 0.6 is 0 Å². The van der Waals surface area contributed by atoms with Crippen LogP contribution in [0.3, 0.4) is 0 Å². The molecule has 0 saturated carbocycles. The monoisotopic (exact) mass is 195 g/mol. The molecule has 0 N–H and O–H groups in total. The van der Waals surface area contributed by atoms with Crippen LogP contribution in [0, 0.1) is 16.7 Å². The van der Waals surface area contributed by atoms with Gasteiger partial charge < -0.3 is 9.80 Å². The van der Waals surface area contributed by atoms with Crippen LogP contribution in [0.15, 0.2) is 0 Å². The molecule has 80 valence electrons. The van der Waals surface area contributed by atoms with Crippen LogP contribution in [-0.4, -0.2) is 49.6 Å². The van der Waals surface area contributed by atoms with Crippen molar-refractivity contribution in [2.45, 2.75) is 26.3 Å². The molecule has 3 nitrogen and oxygen atoms in total. The highest BCUT2D eigenvalue weighted by molar-refractivity contribution is 4.90. The Morgan fingerprint density at radius 3 is 2.57 bits per heavy atom. The third-order valence-electron chi connectivity index (χ3n) is 2.85. The number of likely N-dealkylation sites (N-methyl/N-ethyl adjacent to an activating group) is 2. The Kier molecular flexibility index (Phi) is 3.52. The van der Waals surface area contributed by atoms with Crippen LogP contribution in [0.5, 0.6) is 0 Å². The molecular weight excluding hydrogens is 174 g/mol. The van der Waals surface area contributed by atoms with E-state index in [9.17, 15) is 0 Å². The Balaban J connectivity index is 2.70. The Hall–Kier alpha value is -0.590. The molecule has 0 aromatic heterocycles. The fraction of sp³-hybridized carbons (Fsp3) is 0.909. The molecule has 0 aromatic carbocycles. The van der Waals surface area contributed by atoms with Gasteiger partial charge in [-0.2, -0.15) is 5.26 Å². The Morgan fingerprint density at radius 1 is 1.36 bits per heavy atom. The summed E-state index contributed by atoms with van der Waals surface area (Å²) in [4.78, 5) is 4.66. The van der Waals surface area contributed by atoms with Crippen molar-refractivity contribution in [3.63, 3.8) is 0 Å². The average Bonchev–Trinajstić information content (AvgIpc) is 2.08. The van der Waals surface area contributed by atoms with Crippen LogP contribution in [-0.2, 0) is 0 Å². The van der Waals surface area contributed by atoms with Crippen LogP contribution in [0.25, 0.3) is 0 Å². The van der Waals surface area contributed by atoms with Crippen LogP contribution in [0.1, 0.15) is 20.3 Å². The third-order valence-corrected chi connectivity index (χ3v) is 2.85. The number of nitriles is 1. The van der Waals surface area contributed by atoms with E-state index in [1.165, 1.54) is 0 Å². The van der Waals surface area contributed by atoms with E-state index in [1.807, 2.05) is 0 Å². The van der Waals surface area contributed by atoms with Crippen molar-refractivity contribution in [3.8, 4) is 6.07 Å². The molecule has 1 fully saturated rings. The molecule has 1 heterocycles. The van der Waals surface area contributed by atoms with Crippen LogP contribution in [0.4, 0.5) is 0 Å². The number of rotatable bonds is 1. The third kappa shape index (κ3) is 2.97. The molecule has 0 aliphatic carbocycles. The molecule has 0 radical (unpaired) electrons. The lowest BCUT2D eigenvalue weighted by Gasteiger charge is -2.29. The Bertz CT molecular complexity index is 229. The minimum absolute atomic E-state index is 0.327. The van der Waals surface area contributed by atoms with E-state index in [4.69, 9.17) is 5.26 Å². The first-order chi connectivity index (χ1) is 6.44. The summed E-state index contributed by atoms with van der Waals surface area (Å²) in [6.45, 7) is 7.76. The van der Waals surface area contributed by atoms with E-state index in [2.05, 4.69) is 43.8 Å². The summed E-state index contributed by atoms with van der Waals surface area (Å²) < 4.78 is 0. The van der Waals surface area contributed by atoms with Gasteiger partial charge in [-0.3, -0.25) is 0 Å². The van der Waals surface area contributed by atoms with Gasteiger partial charge in [0.05, 0.1) is 12.5 Å². The molecule has 1 aliphatic rings. The molecule has 14 heavy (non-hydrogen) atoms. The molecule has 0 aromatic rings. The summed E-state index contributed by atoms with van der Waals surface area (Å²) in [5.41, 5.74) is 0.327. The van der Waals surface area contributed by atoms with Crippen molar-refractivity contribution in [3.05, 3.63) is 0 Å². The van der Waals surface area contributed by atoms with Crippen LogP contribution in [0.2, 0.25) is 0 Å². The van der Waals surface area contributed by atoms with Gasteiger partial charge in [-0.05, 0) is 19.5 Å². The lowest BCUT2D eigenvalue weighted by atomic mass is 9.93. The summed E-state index contributed by atoms with van der Waals surface area (Å²) in [5, 5.41) is 8.75. The number of hydrogen-bond donors (Lipinski definition) is 0. The largest absolute Gasteiger partial charge is 0.304 e. The summed E-state index contributed by atoms with van der Waals surface area (Å²) in [5.74, 6) is 0. The van der Waals surface area contributed by atoms with Crippen molar-refractivity contribution < 1.29 is 0 Å². The average molecular weight is 195 g/mol. The van der Waals surface area contributed by atoms with Gasteiger partial charge in [0.25, 0.3) is 0 Å². The van der Waals surface area contributed by atoms with Crippen molar-refractivity contribution in [2.24, 2.45) is 5.41 Å². The molecule has 1 rings (SSSR count). The van der Waals surface area contributed by atoms with Gasteiger partial charge in [0.1, 0.15) is 0 Å². The highest BCUT2D eigenvalue weighted by atomic mass is 15.2. The molecule has 1 aliphatic heterocycles. The lowest BCUT2D eigenvalue weighted by molar-refractivity contribution is 0.194. The maximum atomic E-state index is 8.75. The Morgan fingerprint density at radius 2 is 2.00 bits per heavy atom. The van der Waals surface area contributed by atoms with Gasteiger partial charge in [0.2, 0.25) is 0 Å². The van der Waals surface area contributed by atoms with Gasteiger partial charge in [0, 0.05) is 25.7 Å². The van der Waals surface area contributed by atoms with Gasteiger partial charge in [0.15, 0.2) is 0 Å². The highest BCUT2D eigenvalue weighted by Gasteiger charge is 2.30. The van der Waals surface area contributed by atoms with Crippen molar-refractivity contribution in [1.82, 2.24) is 9.80 Å². The lowest BCUT2D eigenvalue weighted by Crippen LogP contribution is -2.38. The van der Waals surface area contributed by atoms with E-state index in [0.717, 1.165) is 19.6 Å². The van der Waals surface area contributed by atoms with E-state index in [-0.39, 0.29) is 0 Å². The normalized spacial score (nSPS) is 29.5. The second kappa shape index (κ2) is 4.29. The maximum absolute atomic E-state index is 8.75. The fourth-order valence-corrected chi connectivity index (χ4v) is 2.47. The molecule has 1 unspecified atom stereocenters. The van der Waals surface area contributed by atoms with Crippen molar-refractivity contribution in [1.29, 1.82) is 5.26 Å². The fourth-order valence-electron chi connectivity index (χ4n) is 2.47. The zero-order chi connectivity index (χ0) is 10.8. The van der Waals surface area contributed by atoms with Gasteiger partial charge in [-0.15, -0.1) is 0 Å². The molecule has 1 atom stereocenters. The smallest absolute Gasteiger partial charge is 0.0638 e. The Labute approximate surface area is 87.3 Å². The molecule has 1 saturated heterocycles.